The van der Waals surface area contributed by atoms with E-state index >= 15 is 0 Å². The quantitative estimate of drug-likeness (QED) is 0.365. The molecule has 0 N–H and O–H groups in total. The number of hydrogen-bond acceptors (Lipinski definition) is 0. The minimum atomic E-state index is 0.596. The first kappa shape index (κ1) is 26.7. The van der Waals surface area contributed by atoms with E-state index in [2.05, 4.69) is 90.1 Å². The molecule has 0 bridgehead atoms. The predicted molar refractivity (Wildman–Crippen MR) is 160 cm³/mol. The van der Waals surface area contributed by atoms with Gasteiger partial charge in [0.05, 0.1) is 0 Å². The van der Waals surface area contributed by atoms with E-state index in [-0.39, 0.29) is 0 Å². The summed E-state index contributed by atoms with van der Waals surface area (Å²) in [5.41, 5.74) is 1.26. The van der Waals surface area contributed by atoms with E-state index in [9.17, 15) is 0 Å². The van der Waals surface area contributed by atoms with Crippen LogP contribution in [0.15, 0.2) is 48.5 Å². The summed E-state index contributed by atoms with van der Waals surface area (Å²) in [4.78, 5) is 1.90. The zero-order valence-electron chi connectivity index (χ0n) is 22.7. The molecule has 4 aliphatic carbocycles. The zero-order chi connectivity index (χ0) is 25.2. The Labute approximate surface area is 243 Å². The van der Waals surface area contributed by atoms with Crippen LogP contribution in [0.25, 0.3) is 0 Å². The van der Waals surface area contributed by atoms with Crippen LogP contribution in [-0.2, 0) is 0 Å². The Morgan fingerprint density at radius 3 is 1.25 bits per heavy atom. The molecule has 4 heteroatoms. The summed E-state index contributed by atoms with van der Waals surface area (Å²) in [6.45, 7) is 15.2. The summed E-state index contributed by atoms with van der Waals surface area (Å²) in [7, 11) is 0. The number of benzene rings is 2. The molecule has 4 fully saturated rings. The normalized spacial score (nSPS) is 37.6. The van der Waals surface area contributed by atoms with Crippen LogP contribution in [0, 0.1) is 46.3 Å². The van der Waals surface area contributed by atoms with Gasteiger partial charge in [0.1, 0.15) is 0 Å². The Balaban J connectivity index is 1.12. The van der Waals surface area contributed by atoms with E-state index in [4.69, 9.17) is 0 Å². The number of hydrogen-bond donors (Lipinski definition) is 0. The van der Waals surface area contributed by atoms with Crippen molar-refractivity contribution in [2.24, 2.45) is 46.3 Å². The van der Waals surface area contributed by atoms with Gasteiger partial charge >= 0.3 is 246 Å². The molecule has 0 spiro atoms. The van der Waals surface area contributed by atoms with Crippen molar-refractivity contribution in [1.29, 1.82) is 0 Å². The Morgan fingerprint density at radius 2 is 0.861 bits per heavy atom. The molecular weight excluding hydrogens is 700 g/mol. The number of rotatable bonds is 7. The molecule has 0 saturated heterocycles. The van der Waals surface area contributed by atoms with Crippen LogP contribution < -0.4 is 17.8 Å². The van der Waals surface area contributed by atoms with Gasteiger partial charge in [0.15, 0.2) is 0 Å². The summed E-state index contributed by atoms with van der Waals surface area (Å²) in [6, 6.07) is 19.2. The fourth-order valence-electron chi connectivity index (χ4n) is 7.63. The van der Waals surface area contributed by atoms with E-state index in [1.54, 1.807) is 17.8 Å². The Morgan fingerprint density at radius 1 is 0.528 bits per heavy atom. The van der Waals surface area contributed by atoms with Gasteiger partial charge in [0.2, 0.25) is 0 Å². The molecule has 4 aliphatic rings. The van der Waals surface area contributed by atoms with Gasteiger partial charge in [-0.05, 0) is 0 Å². The maximum absolute atomic E-state index is 2.56. The molecule has 2 aromatic rings. The van der Waals surface area contributed by atoms with Crippen LogP contribution in [0.5, 0.6) is 0 Å². The molecular formula is C32H42Se4. The molecule has 4 saturated carbocycles. The summed E-state index contributed by atoms with van der Waals surface area (Å²) < 4.78 is 6.94. The summed E-state index contributed by atoms with van der Waals surface area (Å²) in [5, 5.41) is 0. The molecule has 0 amide bonds. The third kappa shape index (κ3) is 5.06. The van der Waals surface area contributed by atoms with Gasteiger partial charge < -0.3 is 0 Å². The van der Waals surface area contributed by atoms with Crippen LogP contribution in [-0.4, -0.2) is 56.2 Å². The van der Waals surface area contributed by atoms with Crippen molar-refractivity contribution in [3.63, 3.8) is 0 Å². The molecule has 2 aromatic carbocycles. The van der Waals surface area contributed by atoms with Crippen LogP contribution >= 0.6 is 0 Å². The predicted octanol–water partition coefficient (Wildman–Crippen LogP) is 4.60. The van der Waals surface area contributed by atoms with Crippen molar-refractivity contribution in [3.05, 3.63) is 48.5 Å². The molecule has 8 atom stereocenters. The molecule has 0 aliphatic heterocycles. The maximum atomic E-state index is 2.56. The first-order valence-corrected chi connectivity index (χ1v) is 23.8. The standard InChI is InChI=1S/C32H42Se4/c1-19-15-21-23(31(21,3)4)17-29(19)33-25-11-7-9-13-27(25)35-36-28-14-10-8-12-26(28)34-30-18-24-22(16-20(30)2)32(24,5)6/h7-14,19-24,29-30H,15-18H2,1-6H3/t19-,20-,21+,22+,23-,24-,29+,30+/m1/s1. The Bertz CT molecular complexity index is 1020. The first-order chi connectivity index (χ1) is 17.2. The van der Waals surface area contributed by atoms with Crippen molar-refractivity contribution in [3.8, 4) is 0 Å². The van der Waals surface area contributed by atoms with Crippen molar-refractivity contribution in [2.45, 2.75) is 76.9 Å². The SMILES string of the molecule is C[C@@H]1C[C@H]2[C@@H](C[C@@H]1[Se]c1ccccc1[Se][Se]c1ccccc1[Se][C@H]1C[C@@H]3[C@H](C[C@H]1C)C3(C)C)C2(C)C. The van der Waals surface area contributed by atoms with Crippen molar-refractivity contribution in [2.75, 3.05) is 0 Å². The third-order valence-electron chi connectivity index (χ3n) is 10.5. The number of fused-ring (bicyclic) bond motifs is 2. The van der Waals surface area contributed by atoms with E-state index in [0.29, 0.717) is 67.0 Å². The fraction of sp³-hybridized carbons (Fsp3) is 0.625. The van der Waals surface area contributed by atoms with Crippen molar-refractivity contribution in [1.82, 2.24) is 0 Å². The molecule has 36 heavy (non-hydrogen) atoms. The van der Waals surface area contributed by atoms with E-state index in [1.165, 1.54) is 25.7 Å². The third-order valence-corrected chi connectivity index (χ3v) is 25.7. The van der Waals surface area contributed by atoms with Gasteiger partial charge in [-0.15, -0.1) is 0 Å². The second kappa shape index (κ2) is 10.2. The minimum absolute atomic E-state index is 0.596. The Hall–Kier alpha value is 0.518. The van der Waals surface area contributed by atoms with Crippen LogP contribution in [0.4, 0.5) is 0 Å². The van der Waals surface area contributed by atoms with Gasteiger partial charge in [0, 0.05) is 0 Å². The molecule has 0 unspecified atom stereocenters. The molecule has 194 valence electrons. The molecule has 0 nitrogen and oxygen atoms in total. The summed E-state index contributed by atoms with van der Waals surface area (Å²) in [5.74, 6) is 5.88. The van der Waals surface area contributed by atoms with Crippen LogP contribution in [0.1, 0.15) is 67.2 Å². The Kier molecular flexibility index (Phi) is 7.55. The van der Waals surface area contributed by atoms with Gasteiger partial charge in [-0.25, -0.2) is 0 Å². The van der Waals surface area contributed by atoms with Gasteiger partial charge in [-0.1, -0.05) is 0 Å². The first-order valence-electron chi connectivity index (χ1n) is 14.0. The summed E-state index contributed by atoms with van der Waals surface area (Å²) >= 11 is 2.45. The van der Waals surface area contributed by atoms with Crippen LogP contribution in [0.2, 0.25) is 9.63 Å². The van der Waals surface area contributed by atoms with Crippen molar-refractivity contribution < 1.29 is 0 Å². The van der Waals surface area contributed by atoms with Crippen molar-refractivity contribution >= 4 is 74.0 Å². The summed E-state index contributed by atoms with van der Waals surface area (Å²) in [6.07, 6.45) is 5.95. The molecule has 6 rings (SSSR count). The monoisotopic (exact) mass is 746 g/mol. The van der Waals surface area contributed by atoms with Gasteiger partial charge in [-0.2, -0.15) is 0 Å². The van der Waals surface area contributed by atoms with E-state index in [0.717, 1.165) is 45.1 Å². The second-order valence-electron chi connectivity index (χ2n) is 13.3. The van der Waals surface area contributed by atoms with Crippen LogP contribution in [0.3, 0.4) is 0 Å². The molecule has 0 aromatic heterocycles. The fourth-order valence-corrected chi connectivity index (χ4v) is 24.6. The van der Waals surface area contributed by atoms with Gasteiger partial charge in [0.25, 0.3) is 0 Å². The topological polar surface area (TPSA) is 0 Å². The van der Waals surface area contributed by atoms with Gasteiger partial charge in [-0.3, -0.25) is 0 Å². The molecule has 0 heterocycles. The zero-order valence-corrected chi connectivity index (χ0v) is 29.6. The molecule has 0 radical (unpaired) electrons. The van der Waals surface area contributed by atoms with E-state index < -0.39 is 0 Å². The average Bonchev–Trinajstić information content (AvgIpc) is 3.60. The van der Waals surface area contributed by atoms with E-state index in [1.807, 2.05) is 0 Å². The second-order valence-corrected chi connectivity index (χ2v) is 24.9. The average molecular weight is 743 g/mol.